The van der Waals surface area contributed by atoms with E-state index < -0.39 is 0 Å². The molecule has 6 atom stereocenters. The Hall–Kier alpha value is -1.92. The summed E-state index contributed by atoms with van der Waals surface area (Å²) in [6.07, 6.45) is 28.9. The van der Waals surface area contributed by atoms with Crippen molar-refractivity contribution in [2.24, 2.45) is 23.7 Å². The van der Waals surface area contributed by atoms with E-state index in [1.807, 2.05) is 9.80 Å². The first-order valence-electron chi connectivity index (χ1n) is 21.0. The molecule has 0 aromatic heterocycles. The molecule has 3 saturated carbocycles. The summed E-state index contributed by atoms with van der Waals surface area (Å²) in [5.41, 5.74) is 3.43. The Labute approximate surface area is 298 Å². The van der Waals surface area contributed by atoms with Crippen LogP contribution in [0, 0.1) is 23.7 Å². The zero-order valence-electron chi connectivity index (χ0n) is 31.3. The summed E-state index contributed by atoms with van der Waals surface area (Å²) in [5.74, 6) is 2.84. The summed E-state index contributed by atoms with van der Waals surface area (Å²) < 4.78 is 6.40. The molecule has 1 aromatic carbocycles. The Bertz CT molecular complexity index is 1280. The first kappa shape index (κ1) is 35.5. The molecule has 0 bridgehead atoms. The van der Waals surface area contributed by atoms with Crippen molar-refractivity contribution >= 4 is 23.2 Å². The molecule has 6 heteroatoms. The number of nitrogens with zero attached hydrogens (tertiary/aromatic N) is 3. The number of rotatable bonds is 4. The molecule has 6 nitrogen and oxygen atoms in total. The van der Waals surface area contributed by atoms with E-state index in [1.165, 1.54) is 140 Å². The standard InChI is InChI=1S/C43H67N3O3/c1-31-29-45(42(48)41-27-35(30-49-41)33-18-12-8-4-5-9-13-19-33)40-26-34(23-24-38(40)46(31)32(2)47)39-28-37-22-16-17-25-43(37,44(39)3)36-20-14-10-6-7-11-15-21-36/h23-24,26,31,33,35-37,39,41H,4-22,25,27-30H2,1-3H3/t31-,35?,37?,39?,41?,43?/m0/s1. The van der Waals surface area contributed by atoms with Crippen LogP contribution < -0.4 is 9.80 Å². The van der Waals surface area contributed by atoms with Crippen LogP contribution in [0.5, 0.6) is 0 Å². The third-order valence-corrected chi connectivity index (χ3v) is 14.6. The molecule has 0 N–H and O–H groups in total. The fourth-order valence-corrected chi connectivity index (χ4v) is 12.1. The van der Waals surface area contributed by atoms with Gasteiger partial charge in [-0.05, 0) is 93.9 Å². The minimum atomic E-state index is -0.381. The van der Waals surface area contributed by atoms with Gasteiger partial charge in [0.25, 0.3) is 5.91 Å². The Morgan fingerprint density at radius 3 is 2.02 bits per heavy atom. The number of hydrogen-bond acceptors (Lipinski definition) is 4. The number of fused-ring (bicyclic) bond motifs is 2. The fourth-order valence-electron chi connectivity index (χ4n) is 12.1. The van der Waals surface area contributed by atoms with Gasteiger partial charge in [-0.25, -0.2) is 0 Å². The maximum absolute atomic E-state index is 14.5. The molecule has 49 heavy (non-hydrogen) atoms. The van der Waals surface area contributed by atoms with E-state index in [0.717, 1.165) is 29.6 Å². The molecule has 2 amide bonds. The van der Waals surface area contributed by atoms with E-state index in [-0.39, 0.29) is 24.0 Å². The number of ether oxygens (including phenoxy) is 1. The highest BCUT2D eigenvalue weighted by atomic mass is 16.5. The molecule has 2 saturated heterocycles. The van der Waals surface area contributed by atoms with Gasteiger partial charge in [0.05, 0.1) is 24.0 Å². The van der Waals surface area contributed by atoms with Crippen molar-refractivity contribution in [3.63, 3.8) is 0 Å². The summed E-state index contributed by atoms with van der Waals surface area (Å²) in [6.45, 7) is 5.00. The number of likely N-dealkylation sites (tertiary alicyclic amines) is 1. The van der Waals surface area contributed by atoms with Gasteiger partial charge in [-0.2, -0.15) is 0 Å². The number of carbonyl (C=O) groups excluding carboxylic acids is 2. The van der Waals surface area contributed by atoms with Crippen molar-refractivity contribution in [2.75, 3.05) is 30.0 Å². The van der Waals surface area contributed by atoms with E-state index in [1.54, 1.807) is 6.92 Å². The highest BCUT2D eigenvalue weighted by Crippen LogP contribution is 2.58. The second kappa shape index (κ2) is 15.8. The molecular formula is C43H67N3O3. The molecule has 5 fully saturated rings. The summed E-state index contributed by atoms with van der Waals surface area (Å²) >= 11 is 0. The molecular weight excluding hydrogens is 606 g/mol. The smallest absolute Gasteiger partial charge is 0.256 e. The zero-order valence-corrected chi connectivity index (χ0v) is 31.3. The van der Waals surface area contributed by atoms with Crippen molar-refractivity contribution in [3.05, 3.63) is 23.8 Å². The summed E-state index contributed by atoms with van der Waals surface area (Å²) in [6, 6.07) is 7.05. The van der Waals surface area contributed by atoms with Crippen LogP contribution in [0.25, 0.3) is 0 Å². The minimum Gasteiger partial charge on any atom is -0.368 e. The van der Waals surface area contributed by atoms with Crippen LogP contribution in [0.15, 0.2) is 18.2 Å². The van der Waals surface area contributed by atoms with Gasteiger partial charge in [-0.1, -0.05) is 109 Å². The van der Waals surface area contributed by atoms with Crippen LogP contribution >= 0.6 is 0 Å². The third-order valence-electron chi connectivity index (χ3n) is 14.6. The Morgan fingerprint density at radius 2 is 1.35 bits per heavy atom. The van der Waals surface area contributed by atoms with Crippen molar-refractivity contribution in [1.29, 1.82) is 0 Å². The van der Waals surface area contributed by atoms with E-state index in [9.17, 15) is 9.59 Å². The lowest BCUT2D eigenvalue weighted by molar-refractivity contribution is -0.127. The molecule has 3 heterocycles. The van der Waals surface area contributed by atoms with Crippen molar-refractivity contribution in [1.82, 2.24) is 4.90 Å². The lowest BCUT2D eigenvalue weighted by Gasteiger charge is -2.51. The van der Waals surface area contributed by atoms with Crippen molar-refractivity contribution in [3.8, 4) is 0 Å². The van der Waals surface area contributed by atoms with Crippen LogP contribution in [0.1, 0.15) is 167 Å². The summed E-state index contributed by atoms with van der Waals surface area (Å²) in [5, 5.41) is 0. The number of anilines is 2. The number of hydrogen-bond donors (Lipinski definition) is 0. The molecule has 3 aliphatic heterocycles. The van der Waals surface area contributed by atoms with Crippen molar-refractivity contribution < 1.29 is 14.3 Å². The van der Waals surface area contributed by atoms with Gasteiger partial charge in [-0.3, -0.25) is 14.5 Å². The van der Waals surface area contributed by atoms with Crippen LogP contribution in [-0.2, 0) is 14.3 Å². The third kappa shape index (κ3) is 7.13. The van der Waals surface area contributed by atoms with Crippen LogP contribution in [0.3, 0.4) is 0 Å². The van der Waals surface area contributed by atoms with Crippen LogP contribution in [0.2, 0.25) is 0 Å². The van der Waals surface area contributed by atoms with Gasteiger partial charge in [-0.15, -0.1) is 0 Å². The first-order valence-corrected chi connectivity index (χ1v) is 21.0. The van der Waals surface area contributed by atoms with Gasteiger partial charge in [0.15, 0.2) is 0 Å². The lowest BCUT2D eigenvalue weighted by atomic mass is 9.64. The van der Waals surface area contributed by atoms with Gasteiger partial charge >= 0.3 is 0 Å². The summed E-state index contributed by atoms with van der Waals surface area (Å²) in [7, 11) is 2.44. The van der Waals surface area contributed by atoms with Gasteiger partial charge in [0, 0.05) is 25.0 Å². The van der Waals surface area contributed by atoms with E-state index >= 15 is 0 Å². The van der Waals surface area contributed by atoms with Gasteiger partial charge < -0.3 is 14.5 Å². The molecule has 272 valence electrons. The highest BCUT2D eigenvalue weighted by molar-refractivity contribution is 6.05. The predicted octanol–water partition coefficient (Wildman–Crippen LogP) is 9.99. The fraction of sp³-hybridized carbons (Fsp3) is 0.814. The van der Waals surface area contributed by atoms with Crippen LogP contribution in [0.4, 0.5) is 11.4 Å². The molecule has 1 aromatic rings. The molecule has 3 aliphatic carbocycles. The van der Waals surface area contributed by atoms with Crippen LogP contribution in [-0.4, -0.2) is 54.6 Å². The van der Waals surface area contributed by atoms with E-state index in [2.05, 4.69) is 37.1 Å². The Kier molecular flexibility index (Phi) is 11.4. The average molecular weight is 674 g/mol. The number of carbonyl (C=O) groups is 2. The molecule has 7 rings (SSSR count). The zero-order chi connectivity index (χ0) is 34.0. The summed E-state index contributed by atoms with van der Waals surface area (Å²) in [4.78, 5) is 34.4. The SMILES string of the molecule is CC(=O)N1c2ccc(C3CC4CCCCC4(C4CCCCCCCC4)N3C)cc2N(C(=O)C2CC(C3CCCCCCCC3)CO2)C[C@@H]1C. The number of amides is 2. The minimum absolute atomic E-state index is 0.0501. The highest BCUT2D eigenvalue weighted by Gasteiger charge is 2.56. The second-order valence-corrected chi connectivity index (χ2v) is 17.4. The maximum atomic E-state index is 14.5. The monoisotopic (exact) mass is 674 g/mol. The van der Waals surface area contributed by atoms with Gasteiger partial charge in [0.1, 0.15) is 6.10 Å². The lowest BCUT2D eigenvalue weighted by Crippen LogP contribution is -2.54. The Balaban J connectivity index is 1.15. The van der Waals surface area contributed by atoms with Crippen molar-refractivity contribution in [2.45, 2.75) is 179 Å². The predicted molar refractivity (Wildman–Crippen MR) is 200 cm³/mol. The quantitative estimate of drug-likeness (QED) is 0.319. The molecule has 0 radical (unpaired) electrons. The first-order chi connectivity index (χ1) is 23.9. The topological polar surface area (TPSA) is 53.1 Å². The van der Waals surface area contributed by atoms with E-state index in [0.29, 0.717) is 36.6 Å². The normalized spacial score (nSPS) is 34.6. The maximum Gasteiger partial charge on any atom is 0.256 e. The molecule has 0 spiro atoms. The molecule has 6 aliphatic rings. The van der Waals surface area contributed by atoms with Gasteiger partial charge in [0.2, 0.25) is 5.91 Å². The largest absolute Gasteiger partial charge is 0.368 e. The second-order valence-electron chi connectivity index (χ2n) is 17.4. The number of benzene rings is 1. The average Bonchev–Trinajstić information content (AvgIpc) is 3.76. The molecule has 5 unspecified atom stereocenters. The van der Waals surface area contributed by atoms with E-state index in [4.69, 9.17) is 4.74 Å². The Morgan fingerprint density at radius 1 is 0.735 bits per heavy atom.